The molecule has 0 bridgehead atoms. The van der Waals surface area contributed by atoms with Gasteiger partial charge < -0.3 is 10.3 Å². The predicted molar refractivity (Wildman–Crippen MR) is 87.2 cm³/mol. The Labute approximate surface area is 130 Å². The average Bonchev–Trinajstić information content (AvgIpc) is 3.04. The standard InChI is InChI=1S/C18H19N3O/c1-12(2)15-9-8-14(18-20-17(11-19)22-21-18)10-16(15)13-6-4-3-5-7-13/h3-10,12H,11,19H2,1-2H3. The molecule has 0 aliphatic carbocycles. The van der Waals surface area contributed by atoms with Crippen LogP contribution in [0.2, 0.25) is 0 Å². The van der Waals surface area contributed by atoms with Crippen molar-refractivity contribution in [2.24, 2.45) is 5.73 Å². The molecule has 0 spiro atoms. The zero-order valence-electron chi connectivity index (χ0n) is 12.8. The van der Waals surface area contributed by atoms with Crippen LogP contribution in [0.3, 0.4) is 0 Å². The highest BCUT2D eigenvalue weighted by atomic mass is 16.5. The number of hydrogen-bond donors (Lipinski definition) is 1. The fourth-order valence-corrected chi connectivity index (χ4v) is 2.52. The van der Waals surface area contributed by atoms with E-state index in [0.29, 0.717) is 17.6 Å². The van der Waals surface area contributed by atoms with Crippen LogP contribution in [-0.2, 0) is 6.54 Å². The summed E-state index contributed by atoms with van der Waals surface area (Å²) >= 11 is 0. The lowest BCUT2D eigenvalue weighted by Crippen LogP contribution is -1.96. The van der Waals surface area contributed by atoms with Crippen LogP contribution in [0.25, 0.3) is 22.5 Å². The van der Waals surface area contributed by atoms with Gasteiger partial charge in [0.1, 0.15) is 0 Å². The second-order valence-corrected chi connectivity index (χ2v) is 5.54. The van der Waals surface area contributed by atoms with Gasteiger partial charge in [-0.1, -0.05) is 61.5 Å². The maximum absolute atomic E-state index is 5.53. The zero-order chi connectivity index (χ0) is 15.5. The van der Waals surface area contributed by atoms with Gasteiger partial charge in [0, 0.05) is 5.56 Å². The van der Waals surface area contributed by atoms with Gasteiger partial charge >= 0.3 is 0 Å². The molecular formula is C18H19N3O. The molecule has 22 heavy (non-hydrogen) atoms. The largest absolute Gasteiger partial charge is 0.338 e. The average molecular weight is 293 g/mol. The van der Waals surface area contributed by atoms with E-state index in [1.807, 2.05) is 24.3 Å². The molecule has 0 aliphatic rings. The van der Waals surface area contributed by atoms with E-state index in [2.05, 4.69) is 48.3 Å². The predicted octanol–water partition coefficient (Wildman–Crippen LogP) is 3.99. The lowest BCUT2D eigenvalue weighted by molar-refractivity contribution is 0.380. The van der Waals surface area contributed by atoms with Crippen molar-refractivity contribution < 1.29 is 4.52 Å². The van der Waals surface area contributed by atoms with Gasteiger partial charge in [0.25, 0.3) is 0 Å². The molecule has 0 saturated carbocycles. The van der Waals surface area contributed by atoms with Gasteiger partial charge in [0.2, 0.25) is 11.7 Å². The van der Waals surface area contributed by atoms with E-state index in [9.17, 15) is 0 Å². The van der Waals surface area contributed by atoms with Gasteiger partial charge in [-0.2, -0.15) is 4.98 Å². The fourth-order valence-electron chi connectivity index (χ4n) is 2.52. The molecule has 1 aromatic heterocycles. The minimum Gasteiger partial charge on any atom is -0.338 e. The molecule has 1 heterocycles. The van der Waals surface area contributed by atoms with Crippen LogP contribution in [0.5, 0.6) is 0 Å². The van der Waals surface area contributed by atoms with Crippen molar-refractivity contribution in [2.45, 2.75) is 26.3 Å². The second kappa shape index (κ2) is 6.12. The number of nitrogens with two attached hydrogens (primary N) is 1. The summed E-state index contributed by atoms with van der Waals surface area (Å²) in [6.45, 7) is 4.65. The van der Waals surface area contributed by atoms with Crippen LogP contribution in [0.4, 0.5) is 0 Å². The SMILES string of the molecule is CC(C)c1ccc(-c2noc(CN)n2)cc1-c1ccccc1. The van der Waals surface area contributed by atoms with Crippen LogP contribution in [0, 0.1) is 0 Å². The van der Waals surface area contributed by atoms with Gasteiger partial charge in [-0.25, -0.2) is 0 Å². The monoisotopic (exact) mass is 293 g/mol. The molecule has 0 amide bonds. The minimum atomic E-state index is 0.253. The number of nitrogens with zero attached hydrogens (tertiary/aromatic N) is 2. The quantitative estimate of drug-likeness (QED) is 0.790. The first-order valence-corrected chi connectivity index (χ1v) is 7.41. The van der Waals surface area contributed by atoms with Crippen molar-refractivity contribution in [3.05, 3.63) is 60.0 Å². The smallest absolute Gasteiger partial charge is 0.240 e. The maximum atomic E-state index is 5.53. The van der Waals surface area contributed by atoms with Gasteiger partial charge in [-0.05, 0) is 28.7 Å². The van der Waals surface area contributed by atoms with Crippen molar-refractivity contribution >= 4 is 0 Å². The molecule has 3 rings (SSSR count). The molecule has 0 atom stereocenters. The Bertz CT molecular complexity index is 763. The number of benzene rings is 2. The molecule has 3 aromatic rings. The summed E-state index contributed by atoms with van der Waals surface area (Å²) in [6.07, 6.45) is 0. The molecule has 112 valence electrons. The van der Waals surface area contributed by atoms with E-state index >= 15 is 0 Å². The third-order valence-corrected chi connectivity index (χ3v) is 3.66. The Morgan fingerprint density at radius 1 is 1.05 bits per heavy atom. The summed E-state index contributed by atoms with van der Waals surface area (Å²) in [5.41, 5.74) is 10.2. The van der Waals surface area contributed by atoms with Crippen molar-refractivity contribution in [3.63, 3.8) is 0 Å². The molecule has 4 nitrogen and oxygen atoms in total. The Morgan fingerprint density at radius 3 is 2.45 bits per heavy atom. The molecule has 2 aromatic carbocycles. The fraction of sp³-hybridized carbons (Fsp3) is 0.222. The highest BCUT2D eigenvalue weighted by molar-refractivity contribution is 5.73. The normalized spacial score (nSPS) is 11.1. The van der Waals surface area contributed by atoms with Crippen molar-refractivity contribution in [1.82, 2.24) is 10.1 Å². The van der Waals surface area contributed by atoms with E-state index < -0.39 is 0 Å². The van der Waals surface area contributed by atoms with Crippen molar-refractivity contribution in [1.29, 1.82) is 0 Å². The first kappa shape index (κ1) is 14.5. The van der Waals surface area contributed by atoms with Gasteiger partial charge in [-0.3, -0.25) is 0 Å². The summed E-state index contributed by atoms with van der Waals surface area (Å²) in [5.74, 6) is 1.46. The molecule has 0 saturated heterocycles. The zero-order valence-corrected chi connectivity index (χ0v) is 12.8. The van der Waals surface area contributed by atoms with Gasteiger partial charge in [-0.15, -0.1) is 0 Å². The van der Waals surface area contributed by atoms with Crippen LogP contribution >= 0.6 is 0 Å². The lowest BCUT2D eigenvalue weighted by Gasteiger charge is -2.14. The van der Waals surface area contributed by atoms with Crippen molar-refractivity contribution in [2.75, 3.05) is 0 Å². The van der Waals surface area contributed by atoms with Crippen LogP contribution in [0.15, 0.2) is 53.1 Å². The molecule has 0 aliphatic heterocycles. The van der Waals surface area contributed by atoms with Crippen molar-refractivity contribution in [3.8, 4) is 22.5 Å². The van der Waals surface area contributed by atoms with E-state index in [4.69, 9.17) is 10.3 Å². The highest BCUT2D eigenvalue weighted by Crippen LogP contribution is 2.32. The number of hydrogen-bond acceptors (Lipinski definition) is 4. The van der Waals surface area contributed by atoms with Crippen LogP contribution in [0.1, 0.15) is 31.2 Å². The van der Waals surface area contributed by atoms with Gasteiger partial charge in [0.05, 0.1) is 6.54 Å². The van der Waals surface area contributed by atoms with E-state index in [0.717, 1.165) is 5.56 Å². The molecule has 0 fully saturated rings. The Hall–Kier alpha value is -2.46. The van der Waals surface area contributed by atoms with E-state index in [1.165, 1.54) is 16.7 Å². The first-order chi connectivity index (χ1) is 10.7. The highest BCUT2D eigenvalue weighted by Gasteiger charge is 2.13. The third kappa shape index (κ3) is 2.78. The van der Waals surface area contributed by atoms with E-state index in [1.54, 1.807) is 0 Å². The summed E-state index contributed by atoms with van der Waals surface area (Å²) in [7, 11) is 0. The summed E-state index contributed by atoms with van der Waals surface area (Å²) in [6, 6.07) is 16.7. The van der Waals surface area contributed by atoms with Crippen LogP contribution in [-0.4, -0.2) is 10.1 Å². The van der Waals surface area contributed by atoms with E-state index in [-0.39, 0.29) is 6.54 Å². The third-order valence-electron chi connectivity index (χ3n) is 3.66. The first-order valence-electron chi connectivity index (χ1n) is 7.41. The molecule has 0 unspecified atom stereocenters. The molecule has 0 radical (unpaired) electrons. The topological polar surface area (TPSA) is 64.9 Å². The Morgan fingerprint density at radius 2 is 1.82 bits per heavy atom. The summed E-state index contributed by atoms with van der Waals surface area (Å²) in [5, 5.41) is 4.00. The second-order valence-electron chi connectivity index (χ2n) is 5.54. The molecule has 4 heteroatoms. The molecular weight excluding hydrogens is 274 g/mol. The van der Waals surface area contributed by atoms with Gasteiger partial charge in [0.15, 0.2) is 0 Å². The number of rotatable bonds is 4. The Balaban J connectivity index is 2.11. The van der Waals surface area contributed by atoms with Crippen LogP contribution < -0.4 is 5.73 Å². The lowest BCUT2D eigenvalue weighted by atomic mass is 9.91. The summed E-state index contributed by atoms with van der Waals surface area (Å²) in [4.78, 5) is 4.31. The minimum absolute atomic E-state index is 0.253. The summed E-state index contributed by atoms with van der Waals surface area (Å²) < 4.78 is 5.11. The molecule has 2 N–H and O–H groups in total. The maximum Gasteiger partial charge on any atom is 0.240 e. The number of aromatic nitrogens is 2. The Kier molecular flexibility index (Phi) is 4.02.